The van der Waals surface area contributed by atoms with Crippen LogP contribution in [0.3, 0.4) is 0 Å². The Bertz CT molecular complexity index is 355. The van der Waals surface area contributed by atoms with Gasteiger partial charge in [-0.1, -0.05) is 0 Å². The molecule has 94 valence electrons. The third-order valence-electron chi connectivity index (χ3n) is 4.76. The van der Waals surface area contributed by atoms with Gasteiger partial charge in [-0.15, -0.1) is 0 Å². The average Bonchev–Trinajstić information content (AvgIpc) is 2.92. The molecular formula is C13H19NO3. The van der Waals surface area contributed by atoms with Crippen LogP contribution in [0.5, 0.6) is 0 Å². The molecule has 1 saturated carbocycles. The maximum absolute atomic E-state index is 12.3. The standard InChI is InChI=1S/C13H19NO3/c1-17-13(16)8-4-5-10-9(7-8)12(15)11-3-2-6-14(10)11/h8-11H,2-7H2,1H3/t8-,9+,10+,11+/m0/s1. The van der Waals surface area contributed by atoms with Crippen LogP contribution in [0, 0.1) is 11.8 Å². The summed E-state index contributed by atoms with van der Waals surface area (Å²) in [5.74, 6) is 0.299. The summed E-state index contributed by atoms with van der Waals surface area (Å²) < 4.78 is 4.80. The van der Waals surface area contributed by atoms with E-state index in [1.807, 2.05) is 0 Å². The fourth-order valence-corrected chi connectivity index (χ4v) is 3.98. The van der Waals surface area contributed by atoms with Crippen molar-refractivity contribution in [1.82, 2.24) is 4.90 Å². The number of hydrogen-bond acceptors (Lipinski definition) is 4. The van der Waals surface area contributed by atoms with E-state index < -0.39 is 0 Å². The molecule has 0 unspecified atom stereocenters. The summed E-state index contributed by atoms with van der Waals surface area (Å²) in [5, 5.41) is 0. The first-order valence-corrected chi connectivity index (χ1v) is 6.59. The molecule has 0 aromatic heterocycles. The predicted molar refractivity (Wildman–Crippen MR) is 61.4 cm³/mol. The summed E-state index contributed by atoms with van der Waals surface area (Å²) >= 11 is 0. The zero-order valence-corrected chi connectivity index (χ0v) is 10.2. The highest BCUT2D eigenvalue weighted by Gasteiger charge is 2.52. The smallest absolute Gasteiger partial charge is 0.308 e. The number of fused-ring (bicyclic) bond motifs is 3. The molecule has 0 amide bonds. The average molecular weight is 237 g/mol. The van der Waals surface area contributed by atoms with Crippen LogP contribution in [0.25, 0.3) is 0 Å². The third-order valence-corrected chi connectivity index (χ3v) is 4.76. The molecule has 2 aliphatic heterocycles. The zero-order chi connectivity index (χ0) is 12.0. The Balaban J connectivity index is 1.76. The zero-order valence-electron chi connectivity index (χ0n) is 10.2. The van der Waals surface area contributed by atoms with Gasteiger partial charge in [-0.3, -0.25) is 14.5 Å². The summed E-state index contributed by atoms with van der Waals surface area (Å²) in [6, 6.07) is 0.581. The molecule has 0 aromatic carbocycles. The van der Waals surface area contributed by atoms with Gasteiger partial charge in [-0.25, -0.2) is 0 Å². The van der Waals surface area contributed by atoms with Crippen LogP contribution < -0.4 is 0 Å². The molecular weight excluding hydrogens is 218 g/mol. The van der Waals surface area contributed by atoms with Crippen molar-refractivity contribution < 1.29 is 14.3 Å². The molecule has 1 aliphatic carbocycles. The van der Waals surface area contributed by atoms with E-state index in [4.69, 9.17) is 4.74 Å². The minimum absolute atomic E-state index is 0.0507. The van der Waals surface area contributed by atoms with Crippen molar-refractivity contribution in [2.24, 2.45) is 11.8 Å². The van der Waals surface area contributed by atoms with Gasteiger partial charge in [0.05, 0.1) is 19.1 Å². The summed E-state index contributed by atoms with van der Waals surface area (Å²) in [6.45, 7) is 1.07. The van der Waals surface area contributed by atoms with Crippen LogP contribution in [-0.2, 0) is 14.3 Å². The van der Waals surface area contributed by atoms with Crippen molar-refractivity contribution in [3.8, 4) is 0 Å². The van der Waals surface area contributed by atoms with Gasteiger partial charge in [0.25, 0.3) is 0 Å². The number of hydrogen-bond donors (Lipinski definition) is 0. The van der Waals surface area contributed by atoms with Crippen molar-refractivity contribution in [3.63, 3.8) is 0 Å². The monoisotopic (exact) mass is 237 g/mol. The highest BCUT2D eigenvalue weighted by atomic mass is 16.5. The van der Waals surface area contributed by atoms with Gasteiger partial charge in [0.15, 0.2) is 5.78 Å². The topological polar surface area (TPSA) is 46.6 Å². The van der Waals surface area contributed by atoms with Gasteiger partial charge >= 0.3 is 5.97 Å². The number of ether oxygens (including phenoxy) is 1. The molecule has 17 heavy (non-hydrogen) atoms. The Morgan fingerprint density at radius 3 is 2.94 bits per heavy atom. The SMILES string of the molecule is COC(=O)[C@H]1CC[C@@H]2[C@@H](C1)C(=O)[C@H]1CCCN12. The summed E-state index contributed by atoms with van der Waals surface area (Å²) in [6.07, 6.45) is 4.75. The van der Waals surface area contributed by atoms with Crippen LogP contribution in [0.2, 0.25) is 0 Å². The quantitative estimate of drug-likeness (QED) is 0.638. The van der Waals surface area contributed by atoms with Crippen molar-refractivity contribution in [2.45, 2.75) is 44.2 Å². The number of ketones is 1. The van der Waals surface area contributed by atoms with Crippen molar-refractivity contribution >= 4 is 11.8 Å². The number of carbonyl (C=O) groups excluding carboxylic acids is 2. The number of rotatable bonds is 1. The lowest BCUT2D eigenvalue weighted by molar-refractivity contribution is -0.147. The van der Waals surface area contributed by atoms with E-state index in [2.05, 4.69) is 4.90 Å². The number of nitrogens with zero attached hydrogens (tertiary/aromatic N) is 1. The van der Waals surface area contributed by atoms with Crippen LogP contribution in [0.4, 0.5) is 0 Å². The van der Waals surface area contributed by atoms with E-state index in [-0.39, 0.29) is 23.8 Å². The van der Waals surface area contributed by atoms with Gasteiger partial charge in [0.1, 0.15) is 0 Å². The number of methoxy groups -OCH3 is 1. The molecule has 4 atom stereocenters. The molecule has 3 fully saturated rings. The second-order valence-electron chi connectivity index (χ2n) is 5.51. The van der Waals surface area contributed by atoms with E-state index >= 15 is 0 Å². The van der Waals surface area contributed by atoms with E-state index in [9.17, 15) is 9.59 Å². The first kappa shape index (κ1) is 11.2. The fraction of sp³-hybridized carbons (Fsp3) is 0.846. The first-order valence-electron chi connectivity index (χ1n) is 6.59. The Morgan fingerprint density at radius 1 is 1.35 bits per heavy atom. The minimum atomic E-state index is -0.136. The van der Waals surface area contributed by atoms with E-state index in [0.717, 1.165) is 32.2 Å². The minimum Gasteiger partial charge on any atom is -0.469 e. The summed E-state index contributed by atoms with van der Waals surface area (Å²) in [5.41, 5.74) is 0. The second kappa shape index (κ2) is 4.09. The van der Waals surface area contributed by atoms with Gasteiger partial charge in [-0.2, -0.15) is 0 Å². The molecule has 0 bridgehead atoms. The molecule has 0 aromatic rings. The predicted octanol–water partition coefficient (Wildman–Crippen LogP) is 0.991. The van der Waals surface area contributed by atoms with E-state index in [0.29, 0.717) is 18.2 Å². The van der Waals surface area contributed by atoms with Crippen LogP contribution in [0.15, 0.2) is 0 Å². The van der Waals surface area contributed by atoms with Crippen molar-refractivity contribution in [1.29, 1.82) is 0 Å². The number of esters is 1. The van der Waals surface area contributed by atoms with Crippen molar-refractivity contribution in [3.05, 3.63) is 0 Å². The Labute approximate surface area is 101 Å². The van der Waals surface area contributed by atoms with E-state index in [1.54, 1.807) is 0 Å². The molecule has 0 radical (unpaired) electrons. The molecule has 4 nitrogen and oxygen atoms in total. The van der Waals surface area contributed by atoms with Gasteiger partial charge < -0.3 is 4.74 Å². The summed E-state index contributed by atoms with van der Waals surface area (Å²) in [7, 11) is 1.43. The molecule has 2 heterocycles. The van der Waals surface area contributed by atoms with Gasteiger partial charge in [0.2, 0.25) is 0 Å². The maximum atomic E-state index is 12.3. The van der Waals surface area contributed by atoms with Gasteiger partial charge in [-0.05, 0) is 38.6 Å². The highest BCUT2D eigenvalue weighted by Crippen LogP contribution is 2.43. The van der Waals surface area contributed by atoms with Crippen molar-refractivity contribution in [2.75, 3.05) is 13.7 Å². The number of Topliss-reactive ketones (excluding diaryl/α,β-unsaturated/α-hetero) is 1. The van der Waals surface area contributed by atoms with Crippen LogP contribution >= 0.6 is 0 Å². The van der Waals surface area contributed by atoms with Crippen LogP contribution in [-0.4, -0.2) is 42.4 Å². The number of carbonyl (C=O) groups is 2. The second-order valence-corrected chi connectivity index (χ2v) is 5.51. The lowest BCUT2D eigenvalue weighted by Crippen LogP contribution is -2.39. The molecule has 3 aliphatic rings. The largest absolute Gasteiger partial charge is 0.469 e. The Morgan fingerprint density at radius 2 is 2.18 bits per heavy atom. The van der Waals surface area contributed by atoms with Gasteiger partial charge in [0, 0.05) is 12.0 Å². The molecule has 0 N–H and O–H groups in total. The first-order chi connectivity index (χ1) is 8.22. The lowest BCUT2D eigenvalue weighted by Gasteiger charge is -2.33. The Hall–Kier alpha value is -0.900. The van der Waals surface area contributed by atoms with Crippen LogP contribution in [0.1, 0.15) is 32.1 Å². The lowest BCUT2D eigenvalue weighted by atomic mass is 9.77. The normalized spacial score (nSPS) is 41.1. The van der Waals surface area contributed by atoms with E-state index in [1.165, 1.54) is 7.11 Å². The maximum Gasteiger partial charge on any atom is 0.308 e. The Kier molecular flexibility index (Phi) is 2.69. The molecule has 0 spiro atoms. The fourth-order valence-electron chi connectivity index (χ4n) is 3.98. The molecule has 2 saturated heterocycles. The molecule has 4 heteroatoms. The highest BCUT2D eigenvalue weighted by molar-refractivity contribution is 5.90. The third kappa shape index (κ3) is 1.61. The molecule has 3 rings (SSSR count). The summed E-state index contributed by atoms with van der Waals surface area (Å²) in [4.78, 5) is 26.2.